The summed E-state index contributed by atoms with van der Waals surface area (Å²) in [4.78, 5) is 12.3. The van der Waals surface area contributed by atoms with Crippen LogP contribution in [0.2, 0.25) is 6.82 Å². The summed E-state index contributed by atoms with van der Waals surface area (Å²) < 4.78 is 0. The first kappa shape index (κ1) is 11.5. The van der Waals surface area contributed by atoms with E-state index in [9.17, 15) is 9.82 Å². The molecule has 1 heterocycles. The maximum atomic E-state index is 10.2. The fourth-order valence-corrected chi connectivity index (χ4v) is 2.18. The number of hydrogen-bond donors (Lipinski definition) is 2. The van der Waals surface area contributed by atoms with Crippen molar-refractivity contribution in [2.45, 2.75) is 32.6 Å². The molecule has 2 N–H and O–H groups in total. The quantitative estimate of drug-likeness (QED) is 0.480. The van der Waals surface area contributed by atoms with E-state index in [1.807, 2.05) is 0 Å². The highest BCUT2D eigenvalue weighted by Crippen LogP contribution is 2.25. The molecule has 0 aromatic carbocycles. The second-order valence-corrected chi connectivity index (χ2v) is 4.02. The lowest BCUT2D eigenvalue weighted by Gasteiger charge is -2.24. The minimum atomic E-state index is -0.412. The van der Waals surface area contributed by atoms with Crippen LogP contribution in [0.15, 0.2) is 0 Å². The summed E-state index contributed by atoms with van der Waals surface area (Å²) in [5.41, 5.74) is 0. The fourth-order valence-electron chi connectivity index (χ4n) is 2.18. The molecule has 0 saturated carbocycles. The monoisotopic (exact) mass is 198 g/mol. The zero-order valence-electron chi connectivity index (χ0n) is 8.94. The molecule has 80 valence electrons. The number of rotatable bonds is 5. The molecular weight excluding hydrogens is 179 g/mol. The molecule has 0 unspecified atom stereocenters. The summed E-state index contributed by atoms with van der Waals surface area (Å²) in [7, 11) is -0.412. The van der Waals surface area contributed by atoms with Gasteiger partial charge in [0.15, 0.2) is 0 Å². The summed E-state index contributed by atoms with van der Waals surface area (Å²) in [5.74, 6) is 0.656. The topological polar surface area (TPSA) is 52.6 Å². The van der Waals surface area contributed by atoms with E-state index in [0.717, 1.165) is 25.8 Å². The first-order valence-corrected chi connectivity index (χ1v) is 5.29. The molecular formula is C9H19BN2O2. The predicted octanol–water partition coefficient (Wildman–Crippen LogP) is -0.0568. The Hall–Kier alpha value is -0.545. The van der Waals surface area contributed by atoms with E-state index in [-0.39, 0.29) is 0 Å². The molecule has 0 bridgehead atoms. The second-order valence-electron chi connectivity index (χ2n) is 4.02. The number of nitrogens with zero attached hydrogens (tertiary/aromatic N) is 1. The normalized spacial score (nSPS) is 27.6. The van der Waals surface area contributed by atoms with Gasteiger partial charge in [-0.15, -0.1) is 0 Å². The molecule has 4 nitrogen and oxygen atoms in total. The molecule has 1 saturated heterocycles. The zero-order chi connectivity index (χ0) is 10.6. The Morgan fingerprint density at radius 2 is 2.43 bits per heavy atom. The Morgan fingerprint density at radius 1 is 1.71 bits per heavy atom. The SMILES string of the molecule is CC[C@@H]1C[C@@H](CNC=O)N(B(C)O)C1. The molecule has 1 amide bonds. The predicted molar refractivity (Wildman–Crippen MR) is 56.8 cm³/mol. The van der Waals surface area contributed by atoms with Crippen LogP contribution in [-0.2, 0) is 4.79 Å². The average molecular weight is 198 g/mol. The van der Waals surface area contributed by atoms with E-state index in [2.05, 4.69) is 17.1 Å². The first-order chi connectivity index (χ1) is 6.69. The molecule has 0 aromatic rings. The van der Waals surface area contributed by atoms with E-state index in [0.29, 0.717) is 18.5 Å². The van der Waals surface area contributed by atoms with Crippen molar-refractivity contribution in [2.24, 2.45) is 5.92 Å². The Kier molecular flexibility index (Phi) is 4.42. The van der Waals surface area contributed by atoms with Crippen LogP contribution >= 0.6 is 0 Å². The van der Waals surface area contributed by atoms with Gasteiger partial charge in [-0.25, -0.2) is 0 Å². The van der Waals surface area contributed by atoms with Gasteiger partial charge in [-0.2, -0.15) is 0 Å². The van der Waals surface area contributed by atoms with E-state index < -0.39 is 7.05 Å². The zero-order valence-corrected chi connectivity index (χ0v) is 8.94. The van der Waals surface area contributed by atoms with Crippen molar-refractivity contribution < 1.29 is 9.82 Å². The lowest BCUT2D eigenvalue weighted by Crippen LogP contribution is -2.45. The van der Waals surface area contributed by atoms with Crippen LogP contribution in [-0.4, -0.2) is 42.4 Å². The van der Waals surface area contributed by atoms with Crippen molar-refractivity contribution in [3.8, 4) is 0 Å². The summed E-state index contributed by atoms with van der Waals surface area (Å²) in [5, 5.41) is 12.2. The molecule has 1 aliphatic rings. The lowest BCUT2D eigenvalue weighted by molar-refractivity contribution is -0.109. The molecule has 1 rings (SSSR count). The standard InChI is InChI=1S/C9H19BN2O2/c1-3-8-4-9(5-11-7-13)12(6-8)10(2)14/h7-9,14H,3-6H2,1-2H3,(H,11,13)/t8-,9+/m1/s1. The molecule has 1 fully saturated rings. The van der Waals surface area contributed by atoms with Crippen molar-refractivity contribution in [2.75, 3.05) is 13.1 Å². The molecule has 14 heavy (non-hydrogen) atoms. The van der Waals surface area contributed by atoms with Gasteiger partial charge in [0.1, 0.15) is 0 Å². The first-order valence-electron chi connectivity index (χ1n) is 5.29. The van der Waals surface area contributed by atoms with Crippen molar-refractivity contribution in [1.29, 1.82) is 0 Å². The van der Waals surface area contributed by atoms with Crippen LogP contribution in [0, 0.1) is 5.92 Å². The molecule has 5 heteroatoms. The van der Waals surface area contributed by atoms with E-state index in [1.54, 1.807) is 6.82 Å². The van der Waals surface area contributed by atoms with Crippen LogP contribution in [0.4, 0.5) is 0 Å². The van der Waals surface area contributed by atoms with Crippen LogP contribution in [0.25, 0.3) is 0 Å². The van der Waals surface area contributed by atoms with Crippen molar-refractivity contribution in [3.05, 3.63) is 0 Å². The number of nitrogens with one attached hydrogen (secondary N) is 1. The molecule has 2 atom stereocenters. The van der Waals surface area contributed by atoms with Crippen LogP contribution < -0.4 is 5.32 Å². The molecule has 0 aliphatic carbocycles. The largest absolute Gasteiger partial charge is 0.437 e. The van der Waals surface area contributed by atoms with E-state index in [4.69, 9.17) is 0 Å². The van der Waals surface area contributed by atoms with Crippen LogP contribution in [0.1, 0.15) is 19.8 Å². The molecule has 0 radical (unpaired) electrons. The van der Waals surface area contributed by atoms with Gasteiger partial charge in [0.05, 0.1) is 0 Å². The fraction of sp³-hybridized carbons (Fsp3) is 0.889. The second kappa shape index (κ2) is 5.36. The summed E-state index contributed by atoms with van der Waals surface area (Å²) in [6.45, 7) is 5.54. The van der Waals surface area contributed by atoms with Crippen LogP contribution in [0.3, 0.4) is 0 Å². The Labute approximate surface area is 85.8 Å². The third kappa shape index (κ3) is 2.72. The average Bonchev–Trinajstić information content (AvgIpc) is 2.58. The summed E-state index contributed by atoms with van der Waals surface area (Å²) in [6.07, 6.45) is 2.93. The Morgan fingerprint density at radius 3 is 2.93 bits per heavy atom. The smallest absolute Gasteiger partial charge is 0.376 e. The maximum absolute atomic E-state index is 10.2. The number of amides is 1. The number of carbonyl (C=O) groups excluding carboxylic acids is 1. The minimum absolute atomic E-state index is 0.296. The summed E-state index contributed by atoms with van der Waals surface area (Å²) >= 11 is 0. The Balaban J connectivity index is 2.48. The van der Waals surface area contributed by atoms with Crippen molar-refractivity contribution in [3.63, 3.8) is 0 Å². The molecule has 0 aromatic heterocycles. The molecule has 0 spiro atoms. The maximum Gasteiger partial charge on any atom is 0.376 e. The summed E-state index contributed by atoms with van der Waals surface area (Å²) in [6, 6.07) is 0.296. The highest BCUT2D eigenvalue weighted by atomic mass is 16.2. The van der Waals surface area contributed by atoms with Gasteiger partial charge < -0.3 is 15.2 Å². The van der Waals surface area contributed by atoms with Crippen molar-refractivity contribution >= 4 is 13.5 Å². The molecule has 1 aliphatic heterocycles. The number of carbonyl (C=O) groups is 1. The van der Waals surface area contributed by atoms with Gasteiger partial charge in [0, 0.05) is 12.6 Å². The highest BCUT2D eigenvalue weighted by Gasteiger charge is 2.34. The minimum Gasteiger partial charge on any atom is -0.437 e. The third-order valence-corrected chi connectivity index (χ3v) is 3.04. The highest BCUT2D eigenvalue weighted by molar-refractivity contribution is 6.45. The van der Waals surface area contributed by atoms with Gasteiger partial charge in [0.25, 0.3) is 0 Å². The van der Waals surface area contributed by atoms with E-state index >= 15 is 0 Å². The lowest BCUT2D eigenvalue weighted by atomic mass is 9.84. The van der Waals surface area contributed by atoms with Gasteiger partial charge in [-0.1, -0.05) is 13.3 Å². The van der Waals surface area contributed by atoms with Gasteiger partial charge in [-0.05, 0) is 25.7 Å². The van der Waals surface area contributed by atoms with E-state index in [1.165, 1.54) is 0 Å². The number of hydrogen-bond acceptors (Lipinski definition) is 3. The van der Waals surface area contributed by atoms with Gasteiger partial charge >= 0.3 is 7.05 Å². The Bertz CT molecular complexity index is 190. The van der Waals surface area contributed by atoms with Crippen molar-refractivity contribution in [1.82, 2.24) is 10.1 Å². The third-order valence-electron chi connectivity index (χ3n) is 3.04. The van der Waals surface area contributed by atoms with Gasteiger partial charge in [-0.3, -0.25) is 4.79 Å². The van der Waals surface area contributed by atoms with Gasteiger partial charge in [0.2, 0.25) is 6.41 Å². The van der Waals surface area contributed by atoms with Crippen LogP contribution in [0.5, 0.6) is 0 Å².